The van der Waals surface area contributed by atoms with Crippen molar-refractivity contribution in [3.8, 4) is 21.7 Å². The van der Waals surface area contributed by atoms with Crippen LogP contribution in [0.25, 0.3) is 21.7 Å². The van der Waals surface area contributed by atoms with Crippen molar-refractivity contribution >= 4 is 17.2 Å². The molecule has 0 saturated carbocycles. The number of rotatable bonds is 3. The summed E-state index contributed by atoms with van der Waals surface area (Å²) in [4.78, 5) is 1.05. The molecule has 92 valence electrons. The van der Waals surface area contributed by atoms with E-state index in [9.17, 15) is 0 Å². The summed E-state index contributed by atoms with van der Waals surface area (Å²) in [5, 5.41) is 6.07. The minimum Gasteiger partial charge on any atom is -0.469 e. The fraction of sp³-hybridized carbons (Fsp3) is 0.154. The smallest absolute Gasteiger partial charge is 0.231 e. The molecule has 0 fully saturated rings. The molecule has 0 aliphatic carbocycles. The van der Waals surface area contributed by atoms with E-state index in [-0.39, 0.29) is 0 Å². The van der Waals surface area contributed by atoms with Gasteiger partial charge in [0.15, 0.2) is 0 Å². The number of anilines is 1. The Kier molecular flexibility index (Phi) is 2.68. The number of furan rings is 1. The first-order valence-corrected chi connectivity index (χ1v) is 6.55. The van der Waals surface area contributed by atoms with Crippen LogP contribution in [0.1, 0.15) is 12.7 Å². The summed E-state index contributed by atoms with van der Waals surface area (Å²) in [6.45, 7) is 2.04. The average Bonchev–Trinajstić information content (AvgIpc) is 3.07. The lowest BCUT2D eigenvalue weighted by Gasteiger charge is -1.99. The molecule has 0 unspecified atom stereocenters. The topological polar surface area (TPSA) is 65.2 Å². The normalized spacial score (nSPS) is 10.9. The predicted molar refractivity (Wildman–Crippen MR) is 71.3 cm³/mol. The van der Waals surface area contributed by atoms with Gasteiger partial charge in [0.25, 0.3) is 0 Å². The van der Waals surface area contributed by atoms with Gasteiger partial charge in [0.1, 0.15) is 11.5 Å². The first-order chi connectivity index (χ1) is 8.81. The van der Waals surface area contributed by atoms with Gasteiger partial charge in [-0.1, -0.05) is 18.1 Å². The molecule has 3 aromatic rings. The molecule has 5 heteroatoms. The zero-order valence-corrected chi connectivity index (χ0v) is 10.7. The highest BCUT2D eigenvalue weighted by molar-refractivity contribution is 7.13. The van der Waals surface area contributed by atoms with Crippen molar-refractivity contribution in [1.82, 2.24) is 5.16 Å². The monoisotopic (exact) mass is 260 g/mol. The Morgan fingerprint density at radius 1 is 1.39 bits per heavy atom. The summed E-state index contributed by atoms with van der Waals surface area (Å²) in [5.41, 5.74) is 8.42. The van der Waals surface area contributed by atoms with Crippen molar-refractivity contribution in [3.05, 3.63) is 35.6 Å². The number of hydrogen-bond donors (Lipinski definition) is 1. The first kappa shape index (κ1) is 11.1. The lowest BCUT2D eigenvalue weighted by Crippen LogP contribution is -1.87. The molecule has 0 atom stereocenters. The highest BCUT2D eigenvalue weighted by Gasteiger charge is 2.21. The number of nitrogen functional groups attached to an aromatic ring is 1. The second-order valence-electron chi connectivity index (χ2n) is 3.86. The maximum absolute atomic E-state index is 5.88. The van der Waals surface area contributed by atoms with Crippen LogP contribution < -0.4 is 5.73 Å². The Bertz CT molecular complexity index is 652. The van der Waals surface area contributed by atoms with E-state index in [0.717, 1.165) is 33.9 Å². The number of nitrogens with zero attached hydrogens (tertiary/aromatic N) is 1. The Balaban J connectivity index is 2.20. The Morgan fingerprint density at radius 3 is 3.00 bits per heavy atom. The van der Waals surface area contributed by atoms with Crippen LogP contribution in [0.15, 0.2) is 38.8 Å². The van der Waals surface area contributed by atoms with Crippen LogP contribution in [-0.4, -0.2) is 5.16 Å². The Hall–Kier alpha value is -2.01. The summed E-state index contributed by atoms with van der Waals surface area (Å²) in [7, 11) is 0. The molecule has 4 nitrogen and oxygen atoms in total. The average molecular weight is 260 g/mol. The molecule has 0 saturated heterocycles. The first-order valence-electron chi connectivity index (χ1n) is 5.67. The van der Waals surface area contributed by atoms with Gasteiger partial charge in [0, 0.05) is 16.9 Å². The van der Waals surface area contributed by atoms with E-state index >= 15 is 0 Å². The van der Waals surface area contributed by atoms with Crippen LogP contribution in [0.5, 0.6) is 0 Å². The van der Waals surface area contributed by atoms with Gasteiger partial charge in [-0.2, -0.15) is 0 Å². The zero-order valence-electron chi connectivity index (χ0n) is 9.84. The number of thiophene rings is 1. The second kappa shape index (κ2) is 4.34. The Morgan fingerprint density at radius 2 is 2.28 bits per heavy atom. The predicted octanol–water partition coefficient (Wildman–Crippen LogP) is 3.81. The van der Waals surface area contributed by atoms with E-state index in [1.165, 1.54) is 0 Å². The van der Waals surface area contributed by atoms with Crippen molar-refractivity contribution in [1.29, 1.82) is 0 Å². The third-order valence-corrected chi connectivity index (χ3v) is 3.70. The van der Waals surface area contributed by atoms with E-state index in [1.807, 2.05) is 30.5 Å². The van der Waals surface area contributed by atoms with Crippen LogP contribution in [0, 0.1) is 0 Å². The molecule has 0 amide bonds. The fourth-order valence-electron chi connectivity index (χ4n) is 1.97. The van der Waals surface area contributed by atoms with Gasteiger partial charge in [-0.3, -0.25) is 0 Å². The number of aromatic nitrogens is 1. The maximum Gasteiger partial charge on any atom is 0.231 e. The van der Waals surface area contributed by atoms with Gasteiger partial charge in [-0.15, -0.1) is 11.3 Å². The molecular weight excluding hydrogens is 248 g/mol. The molecule has 18 heavy (non-hydrogen) atoms. The van der Waals surface area contributed by atoms with Crippen molar-refractivity contribution in [2.45, 2.75) is 13.3 Å². The number of aryl methyl sites for hydroxylation is 1. The minimum atomic E-state index is 0.343. The molecule has 0 aliphatic rings. The molecule has 3 rings (SSSR count). The lowest BCUT2D eigenvalue weighted by atomic mass is 10.1. The largest absolute Gasteiger partial charge is 0.469 e. The standard InChI is InChI=1S/C13H12N2O2S/c1-2-9-8(5-6-16-9)12-11(13(14)17-15-12)10-4-3-7-18-10/h3-7H,2,14H2,1H3. The molecule has 3 heterocycles. The van der Waals surface area contributed by atoms with Gasteiger partial charge in [-0.25, -0.2) is 0 Å². The number of nitrogens with two attached hydrogens (primary N) is 1. The van der Waals surface area contributed by atoms with Gasteiger partial charge in [0.05, 0.1) is 11.8 Å². The van der Waals surface area contributed by atoms with Crippen LogP contribution >= 0.6 is 11.3 Å². The third-order valence-electron chi connectivity index (χ3n) is 2.81. The van der Waals surface area contributed by atoms with E-state index in [4.69, 9.17) is 14.7 Å². The van der Waals surface area contributed by atoms with Crippen LogP contribution in [-0.2, 0) is 6.42 Å². The summed E-state index contributed by atoms with van der Waals surface area (Å²) in [6, 6.07) is 5.88. The van der Waals surface area contributed by atoms with Crippen molar-refractivity contribution in [2.24, 2.45) is 0 Å². The molecule has 0 spiro atoms. The van der Waals surface area contributed by atoms with Crippen LogP contribution in [0.4, 0.5) is 5.88 Å². The van der Waals surface area contributed by atoms with E-state index < -0.39 is 0 Å². The zero-order chi connectivity index (χ0) is 12.5. The molecule has 0 aliphatic heterocycles. The van der Waals surface area contributed by atoms with E-state index in [2.05, 4.69) is 5.16 Å². The highest BCUT2D eigenvalue weighted by Crippen LogP contribution is 2.39. The summed E-state index contributed by atoms with van der Waals surface area (Å²) in [5.74, 6) is 1.23. The van der Waals surface area contributed by atoms with Crippen molar-refractivity contribution in [3.63, 3.8) is 0 Å². The minimum absolute atomic E-state index is 0.343. The van der Waals surface area contributed by atoms with Gasteiger partial charge in [-0.05, 0) is 17.5 Å². The highest BCUT2D eigenvalue weighted by atomic mass is 32.1. The van der Waals surface area contributed by atoms with Gasteiger partial charge < -0.3 is 14.7 Å². The van der Waals surface area contributed by atoms with Crippen molar-refractivity contribution < 1.29 is 8.94 Å². The van der Waals surface area contributed by atoms with Gasteiger partial charge in [0.2, 0.25) is 5.88 Å². The van der Waals surface area contributed by atoms with Gasteiger partial charge >= 0.3 is 0 Å². The summed E-state index contributed by atoms with van der Waals surface area (Å²) in [6.07, 6.45) is 2.47. The maximum atomic E-state index is 5.88. The molecule has 0 bridgehead atoms. The Labute approximate surface area is 108 Å². The second-order valence-corrected chi connectivity index (χ2v) is 4.81. The number of hydrogen-bond acceptors (Lipinski definition) is 5. The molecule has 0 aromatic carbocycles. The molecule has 0 radical (unpaired) electrons. The molecule has 3 aromatic heterocycles. The van der Waals surface area contributed by atoms with Crippen molar-refractivity contribution in [2.75, 3.05) is 5.73 Å². The summed E-state index contributed by atoms with van der Waals surface area (Å²) < 4.78 is 10.6. The molecular formula is C13H12N2O2S. The van der Waals surface area contributed by atoms with Crippen LogP contribution in [0.2, 0.25) is 0 Å². The third kappa shape index (κ3) is 1.64. The fourth-order valence-corrected chi connectivity index (χ4v) is 2.75. The van der Waals surface area contributed by atoms with Crippen LogP contribution in [0.3, 0.4) is 0 Å². The van der Waals surface area contributed by atoms with E-state index in [0.29, 0.717) is 5.88 Å². The summed E-state index contributed by atoms with van der Waals surface area (Å²) >= 11 is 1.61. The SMILES string of the molecule is CCc1occc1-c1noc(N)c1-c1cccs1. The van der Waals surface area contributed by atoms with E-state index in [1.54, 1.807) is 17.6 Å². The lowest BCUT2D eigenvalue weighted by molar-refractivity contribution is 0.439. The molecule has 2 N–H and O–H groups in total. The quantitative estimate of drug-likeness (QED) is 0.777.